The lowest BCUT2D eigenvalue weighted by atomic mass is 9.77. The highest BCUT2D eigenvalue weighted by Gasteiger charge is 2.44. The first kappa shape index (κ1) is 21.7. The van der Waals surface area contributed by atoms with Crippen molar-refractivity contribution < 1.29 is 24.2 Å². The molecule has 0 bridgehead atoms. The summed E-state index contributed by atoms with van der Waals surface area (Å²) in [4.78, 5) is 24.5. The van der Waals surface area contributed by atoms with Crippen LogP contribution in [0.4, 0.5) is 0 Å². The molecule has 0 fully saturated rings. The van der Waals surface area contributed by atoms with Gasteiger partial charge in [0.2, 0.25) is 0 Å². The predicted octanol–water partition coefficient (Wildman–Crippen LogP) is 3.50. The van der Waals surface area contributed by atoms with Crippen LogP contribution in [0.1, 0.15) is 39.7 Å². The molecule has 0 aliphatic carbocycles. The van der Waals surface area contributed by atoms with Gasteiger partial charge in [0.1, 0.15) is 23.3 Å². The Morgan fingerprint density at radius 2 is 1.71 bits per heavy atom. The van der Waals surface area contributed by atoms with Crippen LogP contribution in [0, 0.1) is 5.92 Å². The Balaban J connectivity index is 2.35. The van der Waals surface area contributed by atoms with Gasteiger partial charge in [0, 0.05) is 0 Å². The van der Waals surface area contributed by atoms with Gasteiger partial charge in [-0.1, -0.05) is 32.0 Å². The first-order valence-electron chi connectivity index (χ1n) is 9.37. The van der Waals surface area contributed by atoms with Crippen molar-refractivity contribution in [3.63, 3.8) is 0 Å². The summed E-state index contributed by atoms with van der Waals surface area (Å²) in [6.07, 6.45) is -0.418. The monoisotopic (exact) mass is 387 g/mol. The summed E-state index contributed by atoms with van der Waals surface area (Å²) in [6.45, 7) is 7.07. The number of benzene rings is 2. The second kappa shape index (κ2) is 8.61. The van der Waals surface area contributed by atoms with Crippen molar-refractivity contribution in [1.29, 1.82) is 0 Å². The average molecular weight is 387 g/mol. The number of carbonyl (C=O) groups excluding carboxylic acids is 1. The number of ether oxygens (including phenoxy) is 2. The van der Waals surface area contributed by atoms with Crippen LogP contribution in [-0.4, -0.2) is 36.3 Å². The number of fused-ring (bicyclic) bond motifs is 1. The number of hydrogen-bond acceptors (Lipinski definition) is 5. The molecule has 3 N–H and O–H groups in total. The molecule has 6 heteroatoms. The zero-order valence-corrected chi connectivity index (χ0v) is 17.1. The molecule has 0 radical (unpaired) electrons. The molecule has 2 aromatic rings. The van der Waals surface area contributed by atoms with E-state index >= 15 is 0 Å². The van der Waals surface area contributed by atoms with Crippen molar-refractivity contribution >= 4 is 22.7 Å². The number of rotatable bonds is 8. The minimum atomic E-state index is -1.42. The Kier molecular flexibility index (Phi) is 6.67. The number of esters is 1. The molecular formula is C22H29NO5. The van der Waals surface area contributed by atoms with E-state index in [1.165, 1.54) is 0 Å². The van der Waals surface area contributed by atoms with Gasteiger partial charge >= 0.3 is 11.9 Å². The van der Waals surface area contributed by atoms with E-state index in [4.69, 9.17) is 15.2 Å². The zero-order chi connectivity index (χ0) is 21.1. The second-order valence-corrected chi connectivity index (χ2v) is 7.75. The molecule has 28 heavy (non-hydrogen) atoms. The van der Waals surface area contributed by atoms with Crippen LogP contribution >= 0.6 is 0 Å². The third-order valence-corrected chi connectivity index (χ3v) is 5.23. The van der Waals surface area contributed by atoms with Gasteiger partial charge in [0.15, 0.2) is 0 Å². The summed E-state index contributed by atoms with van der Waals surface area (Å²) < 4.78 is 10.7. The summed E-state index contributed by atoms with van der Waals surface area (Å²) in [7, 11) is 1.59. The first-order chi connectivity index (χ1) is 13.1. The number of hydrogen-bond donors (Lipinski definition) is 2. The number of carboxylic acids is 1. The van der Waals surface area contributed by atoms with E-state index in [2.05, 4.69) is 0 Å². The first-order valence-corrected chi connectivity index (χ1v) is 9.37. The maximum Gasteiger partial charge on any atom is 0.323 e. The van der Waals surface area contributed by atoms with Gasteiger partial charge in [-0.25, -0.2) is 0 Å². The Morgan fingerprint density at radius 1 is 1.11 bits per heavy atom. The Morgan fingerprint density at radius 3 is 2.29 bits per heavy atom. The highest BCUT2D eigenvalue weighted by Crippen LogP contribution is 2.33. The Labute approximate surface area is 165 Å². The normalized spacial score (nSPS) is 15.7. The van der Waals surface area contributed by atoms with E-state index in [-0.39, 0.29) is 5.92 Å². The van der Waals surface area contributed by atoms with Crippen LogP contribution in [0.2, 0.25) is 0 Å². The fraction of sp³-hybridized carbons (Fsp3) is 0.455. The molecule has 0 aliphatic heterocycles. The van der Waals surface area contributed by atoms with Crippen LogP contribution in [-0.2, 0) is 19.7 Å². The molecule has 2 unspecified atom stereocenters. The molecule has 6 nitrogen and oxygen atoms in total. The van der Waals surface area contributed by atoms with Crippen LogP contribution in [0.3, 0.4) is 0 Å². The van der Waals surface area contributed by atoms with Crippen molar-refractivity contribution in [2.75, 3.05) is 7.11 Å². The topological polar surface area (TPSA) is 98.9 Å². The van der Waals surface area contributed by atoms with E-state index in [0.29, 0.717) is 12.0 Å². The van der Waals surface area contributed by atoms with Crippen molar-refractivity contribution in [3.8, 4) is 5.75 Å². The summed E-state index contributed by atoms with van der Waals surface area (Å²) >= 11 is 0. The van der Waals surface area contributed by atoms with E-state index in [1.807, 2.05) is 38.1 Å². The van der Waals surface area contributed by atoms with Gasteiger partial charge in [0.25, 0.3) is 0 Å². The number of carboxylic acid groups (broad SMARTS) is 1. The quantitative estimate of drug-likeness (QED) is 0.673. The third kappa shape index (κ3) is 4.44. The van der Waals surface area contributed by atoms with Gasteiger partial charge in [-0.05, 0) is 60.7 Å². The van der Waals surface area contributed by atoms with Crippen LogP contribution < -0.4 is 10.5 Å². The number of nitrogens with two attached hydrogens (primary N) is 1. The van der Waals surface area contributed by atoms with Crippen molar-refractivity contribution in [2.24, 2.45) is 11.7 Å². The SMILES string of the molecule is COc1ccc2cc(C(C)(C(=O)O)C(C)OC(=O)[C@@H](N)CC(C)C)ccc2c1. The minimum Gasteiger partial charge on any atom is -0.497 e. The van der Waals surface area contributed by atoms with E-state index in [0.717, 1.165) is 16.5 Å². The standard InChI is InChI=1S/C22H29NO5/c1-13(2)10-19(23)20(24)28-14(3)22(4,21(25)26)17-8-6-16-12-18(27-5)9-7-15(16)11-17/h6-9,11-14,19H,10,23H2,1-5H3,(H,25,26)/t14?,19-,22?/m0/s1. The number of methoxy groups -OCH3 is 1. The van der Waals surface area contributed by atoms with Crippen molar-refractivity contribution in [1.82, 2.24) is 0 Å². The Hall–Kier alpha value is -2.60. The fourth-order valence-electron chi connectivity index (χ4n) is 3.19. The van der Waals surface area contributed by atoms with E-state index < -0.39 is 29.5 Å². The fourth-order valence-corrected chi connectivity index (χ4v) is 3.19. The summed E-state index contributed by atoms with van der Waals surface area (Å²) in [5, 5.41) is 11.8. The molecule has 152 valence electrons. The smallest absolute Gasteiger partial charge is 0.323 e. The third-order valence-electron chi connectivity index (χ3n) is 5.23. The lowest BCUT2D eigenvalue weighted by molar-refractivity contribution is -0.160. The molecule has 2 rings (SSSR count). The molecule has 0 aromatic heterocycles. The number of aliphatic carboxylic acids is 1. The molecule has 0 amide bonds. The molecule has 0 saturated carbocycles. The maximum atomic E-state index is 12.3. The largest absolute Gasteiger partial charge is 0.497 e. The van der Waals surface area contributed by atoms with Crippen molar-refractivity contribution in [3.05, 3.63) is 42.0 Å². The Bertz CT molecular complexity index is 863. The highest BCUT2D eigenvalue weighted by molar-refractivity contribution is 5.88. The molecule has 0 aliphatic rings. The maximum absolute atomic E-state index is 12.3. The molecule has 0 saturated heterocycles. The van der Waals surface area contributed by atoms with Crippen LogP contribution in [0.25, 0.3) is 10.8 Å². The molecule has 2 aromatic carbocycles. The summed E-state index contributed by atoms with van der Waals surface area (Å²) in [6, 6.07) is 10.2. The lowest BCUT2D eigenvalue weighted by Crippen LogP contribution is -2.47. The van der Waals surface area contributed by atoms with Crippen molar-refractivity contribution in [2.45, 2.75) is 51.7 Å². The van der Waals surface area contributed by atoms with Gasteiger partial charge < -0.3 is 20.3 Å². The molecule has 0 spiro atoms. The minimum absolute atomic E-state index is 0.237. The average Bonchev–Trinajstić information content (AvgIpc) is 2.65. The molecular weight excluding hydrogens is 358 g/mol. The van der Waals surface area contributed by atoms with Gasteiger partial charge in [-0.2, -0.15) is 0 Å². The summed E-state index contributed by atoms with van der Waals surface area (Å²) in [5.41, 5.74) is 5.03. The van der Waals surface area contributed by atoms with Gasteiger partial charge in [0.05, 0.1) is 7.11 Å². The lowest BCUT2D eigenvalue weighted by Gasteiger charge is -2.32. The van der Waals surface area contributed by atoms with Crippen LogP contribution in [0.15, 0.2) is 36.4 Å². The molecule has 3 atom stereocenters. The van der Waals surface area contributed by atoms with Crippen LogP contribution in [0.5, 0.6) is 5.75 Å². The summed E-state index contributed by atoms with van der Waals surface area (Å²) in [5.74, 6) is -0.693. The zero-order valence-electron chi connectivity index (χ0n) is 17.1. The number of carbonyl (C=O) groups is 2. The molecule has 0 heterocycles. The van der Waals surface area contributed by atoms with E-state index in [9.17, 15) is 14.7 Å². The van der Waals surface area contributed by atoms with Gasteiger partial charge in [-0.15, -0.1) is 0 Å². The van der Waals surface area contributed by atoms with Gasteiger partial charge in [-0.3, -0.25) is 9.59 Å². The highest BCUT2D eigenvalue weighted by atomic mass is 16.5. The van der Waals surface area contributed by atoms with E-state index in [1.54, 1.807) is 33.1 Å². The second-order valence-electron chi connectivity index (χ2n) is 7.75. The predicted molar refractivity (Wildman–Crippen MR) is 108 cm³/mol.